The summed E-state index contributed by atoms with van der Waals surface area (Å²) in [5.41, 5.74) is 1.82. The number of nitrogens with zero attached hydrogens (tertiary/aromatic N) is 2. The van der Waals surface area contributed by atoms with Gasteiger partial charge in [-0.25, -0.2) is 17.6 Å². The van der Waals surface area contributed by atoms with E-state index in [1.165, 1.54) is 12.1 Å². The minimum absolute atomic E-state index is 0.0724. The Morgan fingerprint density at radius 1 is 1.14 bits per heavy atom. The van der Waals surface area contributed by atoms with Gasteiger partial charge in [-0.3, -0.25) is 14.4 Å². The molecule has 1 amide bonds. The van der Waals surface area contributed by atoms with E-state index < -0.39 is 27.9 Å². The van der Waals surface area contributed by atoms with Gasteiger partial charge in [0.1, 0.15) is 17.7 Å². The lowest BCUT2D eigenvalue weighted by Crippen LogP contribution is -2.47. The van der Waals surface area contributed by atoms with Crippen molar-refractivity contribution in [2.24, 2.45) is 5.92 Å². The van der Waals surface area contributed by atoms with Gasteiger partial charge in [-0.2, -0.15) is 0 Å². The van der Waals surface area contributed by atoms with Gasteiger partial charge in [-0.15, -0.1) is 0 Å². The van der Waals surface area contributed by atoms with E-state index in [9.17, 15) is 27.5 Å². The summed E-state index contributed by atoms with van der Waals surface area (Å²) in [4.78, 5) is 28.2. The first-order valence-electron chi connectivity index (χ1n) is 13.9. The van der Waals surface area contributed by atoms with Crippen LogP contribution in [0.25, 0.3) is 0 Å². The second kappa shape index (κ2) is 13.5. The van der Waals surface area contributed by atoms with Crippen LogP contribution in [0.5, 0.6) is 5.75 Å². The van der Waals surface area contributed by atoms with Gasteiger partial charge in [-0.1, -0.05) is 19.1 Å². The Morgan fingerprint density at radius 2 is 1.81 bits per heavy atom. The van der Waals surface area contributed by atoms with Crippen LogP contribution in [-0.2, 0) is 27.8 Å². The lowest BCUT2D eigenvalue weighted by Gasteiger charge is -2.34. The summed E-state index contributed by atoms with van der Waals surface area (Å²) >= 11 is 0. The second-order valence-electron chi connectivity index (χ2n) is 11.0. The highest BCUT2D eigenvalue weighted by atomic mass is 32.2. The molecular weight excluding hydrogens is 577 g/mol. The number of hydrogen-bond acceptors (Lipinski definition) is 7. The Kier molecular flexibility index (Phi) is 10.0. The van der Waals surface area contributed by atoms with Crippen molar-refractivity contribution in [3.05, 3.63) is 89.2 Å². The lowest BCUT2D eigenvalue weighted by molar-refractivity contribution is -0.134. The van der Waals surface area contributed by atoms with Gasteiger partial charge in [0, 0.05) is 36.8 Å². The molecule has 0 aromatic heterocycles. The number of carboxylic acids is 1. The van der Waals surface area contributed by atoms with Gasteiger partial charge in [-0.05, 0) is 74.1 Å². The maximum absolute atomic E-state index is 13.5. The molecule has 0 fully saturated rings. The summed E-state index contributed by atoms with van der Waals surface area (Å²) < 4.78 is 48.2. The van der Waals surface area contributed by atoms with Crippen LogP contribution in [0, 0.1) is 11.7 Å². The fraction of sp³-hybridized carbons (Fsp3) is 0.355. The lowest BCUT2D eigenvalue weighted by atomic mass is 10.0. The molecule has 1 aliphatic rings. The quantitative estimate of drug-likeness (QED) is 0.316. The topological polar surface area (TPSA) is 136 Å². The van der Waals surface area contributed by atoms with Crippen molar-refractivity contribution in [1.82, 2.24) is 9.80 Å². The van der Waals surface area contributed by atoms with Gasteiger partial charge < -0.3 is 19.8 Å². The van der Waals surface area contributed by atoms with E-state index in [1.807, 2.05) is 18.9 Å². The SMILES string of the molecule is C[C@@H]1CN([C@@H](C)CO)C(=O)Cc2cc(NS(=O)(=O)c3ccc(F)cc3)ccc2O[C@@H]1CN(C)Cc1ccc(C(=O)O)cc1. The molecule has 3 N–H and O–H groups in total. The molecule has 0 saturated heterocycles. The Morgan fingerprint density at radius 3 is 2.44 bits per heavy atom. The molecule has 230 valence electrons. The van der Waals surface area contributed by atoms with E-state index >= 15 is 0 Å². The Labute approximate surface area is 250 Å². The number of fused-ring (bicyclic) bond motifs is 1. The number of aromatic carboxylic acids is 1. The van der Waals surface area contributed by atoms with Crippen LogP contribution in [0.3, 0.4) is 0 Å². The zero-order chi connectivity index (χ0) is 31.3. The van der Waals surface area contributed by atoms with E-state index in [2.05, 4.69) is 4.72 Å². The van der Waals surface area contributed by atoms with Gasteiger partial charge in [0.05, 0.1) is 29.5 Å². The number of halogens is 1. The van der Waals surface area contributed by atoms with E-state index in [0.717, 1.165) is 17.7 Å². The minimum atomic E-state index is -4.02. The smallest absolute Gasteiger partial charge is 0.335 e. The number of aliphatic hydroxyl groups is 1. The van der Waals surface area contributed by atoms with Crippen molar-refractivity contribution >= 4 is 27.6 Å². The number of ether oxygens (including phenoxy) is 1. The maximum Gasteiger partial charge on any atom is 0.335 e. The van der Waals surface area contributed by atoms with Crippen LogP contribution in [0.4, 0.5) is 10.1 Å². The summed E-state index contributed by atoms with van der Waals surface area (Å²) in [6.07, 6.45) is -0.458. The number of carbonyl (C=O) groups is 2. The Hall–Kier alpha value is -4.00. The fourth-order valence-electron chi connectivity index (χ4n) is 4.97. The average Bonchev–Trinajstić information content (AvgIpc) is 3.00. The number of rotatable bonds is 10. The highest BCUT2D eigenvalue weighted by Gasteiger charge is 2.31. The molecule has 4 rings (SSSR count). The second-order valence-corrected chi connectivity index (χ2v) is 12.7. The molecule has 0 unspecified atom stereocenters. The maximum atomic E-state index is 13.5. The van der Waals surface area contributed by atoms with Crippen molar-refractivity contribution in [1.29, 1.82) is 0 Å². The molecule has 3 atom stereocenters. The van der Waals surface area contributed by atoms with E-state index in [4.69, 9.17) is 9.84 Å². The third-order valence-electron chi connectivity index (χ3n) is 7.44. The number of benzene rings is 3. The number of amides is 1. The van der Waals surface area contributed by atoms with Crippen LogP contribution in [0.15, 0.2) is 71.6 Å². The molecule has 3 aromatic carbocycles. The van der Waals surface area contributed by atoms with Crippen molar-refractivity contribution in [2.75, 3.05) is 31.5 Å². The van der Waals surface area contributed by atoms with Crippen LogP contribution < -0.4 is 9.46 Å². The van der Waals surface area contributed by atoms with Crippen LogP contribution in [-0.4, -0.2) is 79.2 Å². The van der Waals surface area contributed by atoms with Crippen LogP contribution in [0.2, 0.25) is 0 Å². The molecule has 0 spiro atoms. The summed E-state index contributed by atoms with van der Waals surface area (Å²) in [7, 11) is -2.10. The molecule has 3 aromatic rings. The minimum Gasteiger partial charge on any atom is -0.488 e. The van der Waals surface area contributed by atoms with Crippen LogP contribution in [0.1, 0.15) is 35.3 Å². The summed E-state index contributed by atoms with van der Waals surface area (Å²) in [6, 6.07) is 15.4. The number of likely N-dealkylation sites (N-methyl/N-ethyl adjacent to an activating group) is 1. The predicted molar refractivity (Wildman–Crippen MR) is 159 cm³/mol. The summed E-state index contributed by atoms with van der Waals surface area (Å²) in [5.74, 6) is -1.48. The molecule has 10 nitrogen and oxygen atoms in total. The normalized spacial score (nSPS) is 18.2. The third-order valence-corrected chi connectivity index (χ3v) is 8.83. The van der Waals surface area contributed by atoms with E-state index in [0.29, 0.717) is 30.9 Å². The van der Waals surface area contributed by atoms with Gasteiger partial charge in [0.25, 0.3) is 10.0 Å². The van der Waals surface area contributed by atoms with Gasteiger partial charge >= 0.3 is 5.97 Å². The van der Waals surface area contributed by atoms with Gasteiger partial charge in [0.15, 0.2) is 0 Å². The van der Waals surface area contributed by atoms with E-state index in [-0.39, 0.29) is 47.1 Å². The predicted octanol–water partition coefficient (Wildman–Crippen LogP) is 3.61. The van der Waals surface area contributed by atoms with Crippen LogP contribution >= 0.6 is 0 Å². The number of carboxylic acid groups (broad SMARTS) is 1. The molecule has 0 radical (unpaired) electrons. The molecule has 0 aliphatic carbocycles. The standard InChI is InChI=1S/C31H36FN3O7S/c1-20-16-35(21(2)19-36)30(37)15-24-14-26(33-43(40,41)27-11-8-25(32)9-12-27)10-13-28(24)42-29(20)18-34(3)17-22-4-6-23(7-5-22)31(38)39/h4-14,20-21,29,33,36H,15-19H2,1-3H3,(H,38,39)/t20-,21+,29-/m1/s1. The number of hydrogen-bond donors (Lipinski definition) is 3. The first-order chi connectivity index (χ1) is 20.4. The number of carbonyl (C=O) groups excluding carboxylic acids is 1. The Bertz CT molecular complexity index is 1550. The number of aliphatic hydroxyl groups excluding tert-OH is 1. The zero-order valence-corrected chi connectivity index (χ0v) is 25.1. The van der Waals surface area contributed by atoms with Gasteiger partial charge in [0.2, 0.25) is 5.91 Å². The van der Waals surface area contributed by atoms with Crippen molar-refractivity contribution in [3.8, 4) is 5.75 Å². The van der Waals surface area contributed by atoms with Crippen molar-refractivity contribution < 1.29 is 37.3 Å². The molecule has 43 heavy (non-hydrogen) atoms. The number of nitrogens with one attached hydrogen (secondary N) is 1. The first-order valence-corrected chi connectivity index (χ1v) is 15.3. The zero-order valence-electron chi connectivity index (χ0n) is 24.2. The molecule has 1 aliphatic heterocycles. The number of sulfonamides is 1. The first kappa shape index (κ1) is 31.9. The Balaban J connectivity index is 1.60. The highest BCUT2D eigenvalue weighted by Crippen LogP contribution is 2.30. The molecule has 0 bridgehead atoms. The number of anilines is 1. The largest absolute Gasteiger partial charge is 0.488 e. The highest BCUT2D eigenvalue weighted by molar-refractivity contribution is 7.92. The molecule has 1 heterocycles. The molecule has 0 saturated carbocycles. The third kappa shape index (κ3) is 8.09. The monoisotopic (exact) mass is 613 g/mol. The van der Waals surface area contributed by atoms with Crippen molar-refractivity contribution in [3.63, 3.8) is 0 Å². The summed E-state index contributed by atoms with van der Waals surface area (Å²) in [5, 5.41) is 19.0. The molecule has 12 heteroatoms. The fourth-order valence-corrected chi connectivity index (χ4v) is 6.02. The molecular formula is C31H36FN3O7S. The average molecular weight is 614 g/mol. The van der Waals surface area contributed by atoms with Crippen molar-refractivity contribution in [2.45, 2.75) is 43.9 Å². The summed E-state index contributed by atoms with van der Waals surface area (Å²) in [6.45, 7) is 4.85. The van der Waals surface area contributed by atoms with E-state index in [1.54, 1.807) is 54.3 Å².